The predicted molar refractivity (Wildman–Crippen MR) is 73.0 cm³/mol. The zero-order chi connectivity index (χ0) is 14.4. The Hall–Kier alpha value is -0.940. The molecule has 1 aliphatic heterocycles. The van der Waals surface area contributed by atoms with Gasteiger partial charge in [-0.2, -0.15) is 4.31 Å². The van der Waals surface area contributed by atoms with Gasteiger partial charge in [0, 0.05) is 13.1 Å². The van der Waals surface area contributed by atoms with Gasteiger partial charge in [0.05, 0.1) is 4.90 Å². The molecule has 2 rings (SSSR count). The molecule has 2 unspecified atom stereocenters. The van der Waals surface area contributed by atoms with Crippen molar-refractivity contribution in [2.75, 3.05) is 13.1 Å². The number of hydrogen-bond donors (Lipinski definition) is 0. The number of hydrogen-bond acceptors (Lipinski definition) is 2. The maximum Gasteiger partial charge on any atom is 0.243 e. The summed E-state index contributed by atoms with van der Waals surface area (Å²) in [6.07, 6.45) is 0. The molecule has 1 heterocycles. The average Bonchev–Trinajstić information content (AvgIpc) is 2.57. The first kappa shape index (κ1) is 14.5. The van der Waals surface area contributed by atoms with E-state index in [1.54, 1.807) is 13.8 Å². The summed E-state index contributed by atoms with van der Waals surface area (Å²) in [5.74, 6) is 0.323. The summed E-state index contributed by atoms with van der Waals surface area (Å²) >= 11 is 0. The summed E-state index contributed by atoms with van der Waals surface area (Å²) < 4.78 is 40.2. The van der Waals surface area contributed by atoms with Gasteiger partial charge in [0.25, 0.3) is 0 Å². The number of nitrogens with zero attached hydrogens (tertiary/aromatic N) is 1. The van der Waals surface area contributed by atoms with Gasteiger partial charge in [0.15, 0.2) is 0 Å². The fourth-order valence-electron chi connectivity index (χ4n) is 2.71. The van der Waals surface area contributed by atoms with Gasteiger partial charge in [-0.1, -0.05) is 13.8 Å². The first-order chi connectivity index (χ1) is 8.73. The Bertz CT molecular complexity index is 564. The summed E-state index contributed by atoms with van der Waals surface area (Å²) in [6.45, 7) is 8.49. The number of benzene rings is 1. The molecule has 0 amide bonds. The maximum atomic E-state index is 13.3. The zero-order valence-electron chi connectivity index (χ0n) is 11.8. The highest BCUT2D eigenvalue weighted by Gasteiger charge is 2.36. The van der Waals surface area contributed by atoms with E-state index >= 15 is 0 Å². The molecule has 0 spiro atoms. The third-order valence-corrected chi connectivity index (χ3v) is 6.12. The van der Waals surface area contributed by atoms with Crippen molar-refractivity contribution < 1.29 is 12.8 Å². The fraction of sp³-hybridized carbons (Fsp3) is 0.571. The molecule has 1 fully saturated rings. The smallest absolute Gasteiger partial charge is 0.207 e. The molecule has 0 radical (unpaired) electrons. The van der Waals surface area contributed by atoms with Crippen molar-refractivity contribution >= 4 is 10.0 Å². The van der Waals surface area contributed by atoms with Gasteiger partial charge in [-0.3, -0.25) is 0 Å². The van der Waals surface area contributed by atoms with Crippen molar-refractivity contribution in [1.29, 1.82) is 0 Å². The minimum absolute atomic E-state index is 0.259. The SMILES string of the molecule is Cc1cc(F)cc(C)c1S(=O)(=O)N1CC(C)C(C)C1. The Morgan fingerprint density at radius 1 is 1.11 bits per heavy atom. The van der Waals surface area contributed by atoms with Crippen LogP contribution in [-0.4, -0.2) is 25.8 Å². The molecule has 0 N–H and O–H groups in total. The van der Waals surface area contributed by atoms with Crippen molar-refractivity contribution in [2.45, 2.75) is 32.6 Å². The predicted octanol–water partition coefficient (Wildman–Crippen LogP) is 2.72. The van der Waals surface area contributed by atoms with Crippen molar-refractivity contribution in [3.63, 3.8) is 0 Å². The highest BCUT2D eigenvalue weighted by atomic mass is 32.2. The number of sulfonamides is 1. The van der Waals surface area contributed by atoms with Crippen LogP contribution >= 0.6 is 0 Å². The molecule has 1 aliphatic rings. The van der Waals surface area contributed by atoms with E-state index in [1.807, 2.05) is 0 Å². The summed E-state index contributed by atoms with van der Waals surface area (Å²) in [6, 6.07) is 2.56. The first-order valence-corrected chi connectivity index (χ1v) is 7.94. The molecule has 2 atom stereocenters. The fourth-order valence-corrected chi connectivity index (χ4v) is 4.76. The van der Waals surface area contributed by atoms with Crippen molar-refractivity contribution in [3.05, 3.63) is 29.1 Å². The standard InChI is InChI=1S/C14H20FNO2S/c1-9-5-13(15)6-10(2)14(9)19(17,18)16-7-11(3)12(4)8-16/h5-6,11-12H,7-8H2,1-4H3. The monoisotopic (exact) mass is 285 g/mol. The van der Waals surface area contributed by atoms with Crippen LogP contribution in [0.3, 0.4) is 0 Å². The third-order valence-electron chi connectivity index (χ3n) is 3.98. The second-order valence-corrected chi connectivity index (χ2v) is 7.52. The van der Waals surface area contributed by atoms with Crippen LogP contribution in [0.25, 0.3) is 0 Å². The minimum atomic E-state index is -3.52. The van der Waals surface area contributed by atoms with Gasteiger partial charge in [-0.25, -0.2) is 12.8 Å². The lowest BCUT2D eigenvalue weighted by molar-refractivity contribution is 0.462. The highest BCUT2D eigenvalue weighted by Crippen LogP contribution is 2.31. The Balaban J connectivity index is 2.47. The molecule has 1 aromatic rings. The van der Waals surface area contributed by atoms with Gasteiger partial charge in [0.2, 0.25) is 10.0 Å². The van der Waals surface area contributed by atoms with Gasteiger partial charge in [0.1, 0.15) is 5.82 Å². The molecule has 106 valence electrons. The Kier molecular flexibility index (Phi) is 3.71. The second kappa shape index (κ2) is 4.87. The highest BCUT2D eigenvalue weighted by molar-refractivity contribution is 7.89. The normalized spacial score (nSPS) is 24.9. The van der Waals surface area contributed by atoms with E-state index < -0.39 is 15.8 Å². The van der Waals surface area contributed by atoms with Crippen molar-refractivity contribution in [2.24, 2.45) is 11.8 Å². The summed E-state index contributed by atoms with van der Waals surface area (Å²) in [5.41, 5.74) is 0.953. The largest absolute Gasteiger partial charge is 0.243 e. The molecular formula is C14H20FNO2S. The van der Waals surface area contributed by atoms with Gasteiger partial charge in [-0.15, -0.1) is 0 Å². The molecule has 0 aromatic heterocycles. The van der Waals surface area contributed by atoms with Crippen LogP contribution < -0.4 is 0 Å². The van der Waals surface area contributed by atoms with Crippen LogP contribution in [0.1, 0.15) is 25.0 Å². The lowest BCUT2D eigenvalue weighted by Crippen LogP contribution is -2.30. The zero-order valence-corrected chi connectivity index (χ0v) is 12.6. The van der Waals surface area contributed by atoms with Crippen LogP contribution in [0.2, 0.25) is 0 Å². The van der Waals surface area contributed by atoms with Crippen LogP contribution in [0, 0.1) is 31.5 Å². The lowest BCUT2D eigenvalue weighted by Gasteiger charge is -2.19. The number of halogens is 1. The van der Waals surface area contributed by atoms with E-state index in [0.717, 1.165) is 0 Å². The Morgan fingerprint density at radius 2 is 1.53 bits per heavy atom. The Morgan fingerprint density at radius 3 is 1.95 bits per heavy atom. The number of rotatable bonds is 2. The van der Waals surface area contributed by atoms with Gasteiger partial charge >= 0.3 is 0 Å². The topological polar surface area (TPSA) is 37.4 Å². The van der Waals surface area contributed by atoms with Crippen LogP contribution in [0.15, 0.2) is 17.0 Å². The van der Waals surface area contributed by atoms with E-state index in [-0.39, 0.29) is 4.90 Å². The van der Waals surface area contributed by atoms with Crippen LogP contribution in [-0.2, 0) is 10.0 Å². The van der Waals surface area contributed by atoms with E-state index in [4.69, 9.17) is 0 Å². The second-order valence-electron chi connectivity index (χ2n) is 5.65. The van der Waals surface area contributed by atoms with E-state index in [0.29, 0.717) is 36.1 Å². The quantitative estimate of drug-likeness (QED) is 0.838. The first-order valence-electron chi connectivity index (χ1n) is 6.50. The Labute approximate surface area is 114 Å². The summed E-state index contributed by atoms with van der Waals surface area (Å²) in [5, 5.41) is 0. The van der Waals surface area contributed by atoms with Crippen molar-refractivity contribution in [1.82, 2.24) is 4.31 Å². The lowest BCUT2D eigenvalue weighted by atomic mass is 10.0. The molecule has 0 bridgehead atoms. The summed E-state index contributed by atoms with van der Waals surface area (Å²) in [4.78, 5) is 0.259. The molecule has 1 saturated heterocycles. The molecule has 19 heavy (non-hydrogen) atoms. The van der Waals surface area contributed by atoms with E-state index in [2.05, 4.69) is 13.8 Å². The molecule has 3 nitrogen and oxygen atoms in total. The van der Waals surface area contributed by atoms with Gasteiger partial charge < -0.3 is 0 Å². The maximum absolute atomic E-state index is 13.3. The van der Waals surface area contributed by atoms with Crippen LogP contribution in [0.4, 0.5) is 4.39 Å². The van der Waals surface area contributed by atoms with Crippen molar-refractivity contribution in [3.8, 4) is 0 Å². The molecule has 1 aromatic carbocycles. The minimum Gasteiger partial charge on any atom is -0.207 e. The van der Waals surface area contributed by atoms with E-state index in [1.165, 1.54) is 16.4 Å². The molecule has 0 aliphatic carbocycles. The van der Waals surface area contributed by atoms with Gasteiger partial charge in [-0.05, 0) is 48.9 Å². The third kappa shape index (κ3) is 2.54. The van der Waals surface area contributed by atoms with Crippen LogP contribution in [0.5, 0.6) is 0 Å². The summed E-state index contributed by atoms with van der Waals surface area (Å²) in [7, 11) is -3.52. The number of aryl methyl sites for hydroxylation is 2. The van der Waals surface area contributed by atoms with E-state index in [9.17, 15) is 12.8 Å². The molecule has 5 heteroatoms. The molecule has 0 saturated carbocycles. The average molecular weight is 285 g/mol. The molecular weight excluding hydrogens is 265 g/mol.